The molecule has 0 aromatic carbocycles. The van der Waals surface area contributed by atoms with Gasteiger partial charge in [-0.2, -0.15) is 0 Å². The molecule has 2 amide bonds. The summed E-state index contributed by atoms with van der Waals surface area (Å²) in [5.74, 6) is 2.97. The topological polar surface area (TPSA) is 504 Å². The molecule has 8 aliphatic rings. The predicted octanol–water partition coefficient (Wildman–Crippen LogP) is -5.70. The third-order valence-corrected chi connectivity index (χ3v) is 20.6. The Hall–Kier alpha value is 0.662. The van der Waals surface area contributed by atoms with E-state index in [0.717, 1.165) is 18.4 Å². The van der Waals surface area contributed by atoms with Gasteiger partial charge in [0.05, 0.1) is 33.0 Å². The Balaban J connectivity index is 0.000000218. The van der Waals surface area contributed by atoms with Crippen molar-refractivity contribution in [3.05, 3.63) is 11.9 Å². The van der Waals surface area contributed by atoms with Gasteiger partial charge in [0.1, 0.15) is 111 Å². The minimum absolute atomic E-state index is 0. The Bertz CT molecular complexity index is 2760. The molecule has 9 radical (unpaired) electrons. The summed E-state index contributed by atoms with van der Waals surface area (Å²) in [6.07, 6.45) is -8.93. The van der Waals surface area contributed by atoms with E-state index in [9.17, 15) is 71.8 Å². The second-order valence-corrected chi connectivity index (χ2v) is 29.1. The van der Waals surface area contributed by atoms with Crippen LogP contribution in [0, 0.1) is 12.3 Å². The number of carbonyl (C=O) groups is 1. The summed E-state index contributed by atoms with van der Waals surface area (Å²) in [5, 5.41) is 36.8. The Morgan fingerprint density at radius 2 is 1.24 bits per heavy atom. The summed E-state index contributed by atoms with van der Waals surface area (Å²) in [5.41, 5.74) is 0.0481. The van der Waals surface area contributed by atoms with Gasteiger partial charge in [0, 0.05) is 56.7 Å². The van der Waals surface area contributed by atoms with Gasteiger partial charge in [0.25, 0.3) is 31.3 Å². The minimum atomic E-state index is -5.18. The van der Waals surface area contributed by atoms with Crippen molar-refractivity contribution in [3.63, 3.8) is 0 Å². The van der Waals surface area contributed by atoms with Gasteiger partial charge in [0.2, 0.25) is 0 Å². The van der Waals surface area contributed by atoms with Crippen molar-refractivity contribution in [1.82, 2.24) is 26.0 Å². The van der Waals surface area contributed by atoms with Gasteiger partial charge in [-0.15, -0.1) is 6.42 Å². The number of hydrogen-bond donors (Lipinski definition) is 6. The van der Waals surface area contributed by atoms with E-state index in [0.29, 0.717) is 17.3 Å². The van der Waals surface area contributed by atoms with Crippen LogP contribution in [0.4, 0.5) is 4.79 Å². The van der Waals surface area contributed by atoms with Crippen molar-refractivity contribution in [2.45, 2.75) is 147 Å². The summed E-state index contributed by atoms with van der Waals surface area (Å²) < 4.78 is 155. The molecule has 49 heteroatoms. The van der Waals surface area contributed by atoms with Crippen LogP contribution < -0.4 is 35.3 Å². The Morgan fingerprint density at radius 3 is 1.71 bits per heavy atom. The van der Waals surface area contributed by atoms with E-state index in [1.54, 1.807) is 0 Å². The summed E-state index contributed by atoms with van der Waals surface area (Å²) in [7, 11) is -8.23. The van der Waals surface area contributed by atoms with Crippen molar-refractivity contribution in [2.24, 2.45) is 0 Å². The van der Waals surface area contributed by atoms with Crippen molar-refractivity contribution < 1.29 is 197 Å². The average molecular weight is 1580 g/mol. The Kier molecular flexibility index (Phi) is 28.3. The van der Waals surface area contributed by atoms with E-state index in [1.165, 1.54) is 38.6 Å². The van der Waals surface area contributed by atoms with E-state index < -0.39 is 184 Å². The molecule has 25 atom stereocenters. The number of aromatic nitrogens is 3. The Labute approximate surface area is 529 Å². The van der Waals surface area contributed by atoms with Crippen LogP contribution >= 0.6 is 58.7 Å². The number of amides is 2. The first-order chi connectivity index (χ1) is 39.3. The molecule has 0 aliphatic carbocycles. The first-order valence-corrected chi connectivity index (χ1v) is 35.8. The predicted molar refractivity (Wildman–Crippen MR) is 267 cm³/mol. The van der Waals surface area contributed by atoms with Gasteiger partial charge in [-0.25, -0.2) is 9.13 Å². The number of aliphatic hydroxyl groups excluding tert-OH is 2. The second kappa shape index (κ2) is 32.2. The van der Waals surface area contributed by atoms with Crippen LogP contribution in [0.15, 0.2) is 6.20 Å². The molecule has 0 bridgehead atoms. The molecule has 1 aromatic rings. The molecule has 6 N–H and O–H groups in total. The Morgan fingerprint density at radius 1 is 0.765 bits per heavy atom. The van der Waals surface area contributed by atoms with Gasteiger partial charge >= 0.3 is 121 Å². The van der Waals surface area contributed by atoms with E-state index in [-0.39, 0.29) is 44.4 Å². The molecule has 8 fully saturated rings. The van der Waals surface area contributed by atoms with Crippen LogP contribution in [0.2, 0.25) is 0 Å². The van der Waals surface area contributed by atoms with Crippen LogP contribution in [0.5, 0.6) is 0 Å². The summed E-state index contributed by atoms with van der Waals surface area (Å²) in [6.45, 7) is -4.81. The number of hydrogen-bond acceptors (Lipinski definition) is 32. The molecule has 0 saturated carbocycles. The quantitative estimate of drug-likeness (QED) is 0.0252. The maximum atomic E-state index is 12.6. The third kappa shape index (κ3) is 21.6. The number of phosphoric acid groups is 6. The normalized spacial score (nSPS) is 44.0. The zero-order chi connectivity index (χ0) is 61.6. The van der Waals surface area contributed by atoms with Gasteiger partial charge in [-0.05, 0) is 5.69 Å². The number of terminal acetylenes is 1. The standard InChI is InChI=1S/C13H19B2N3O15P3.C13H19B2O15P3.C10H15N2OS.W.Y/c14-12-8(19)9-6(29-12)3-27-36(24,25)32-10-7(4-28-35(22,23)31-9)30-13(15)11(10)33-34(20,21)26-2-5-1-16-18-17-5;1-2-3-23-31(17,18)30-11-10-7(27-13(11)15)5-25-32(19,20)28-9-6(26-12(14)8(9)16)4-24-33(21,22)29-10;1-2-3-4-5-8-9-7(6-14-8)11-10(13)12-9;;/h1,6-13,19H,2-4H2,(H3-,16,17,18,20,21,22,23,24,25);1,6-13,16H,3-5H2,(H,17,18)(H,19,20)(H,21,22);7-9H,2-6H2,(H2,11,12,13);;/q-1;;-1;;/p-4/t2*6-,7-,8?,9+,10?,11+,12-,13-;;;/m11.../s1. The minimum Gasteiger partial charge on any atom is -0.756 e. The number of urea groups is 1. The van der Waals surface area contributed by atoms with E-state index in [4.69, 9.17) is 102 Å². The number of thioether (sulfide) groups is 1. The number of ether oxygens (including phenoxy) is 4. The first-order valence-electron chi connectivity index (χ1n) is 24.4. The number of phosphoric ester groups is 6. The first kappa shape index (κ1) is 74.7. The van der Waals surface area contributed by atoms with Crippen LogP contribution in [0.25, 0.3) is 0 Å². The van der Waals surface area contributed by atoms with Gasteiger partial charge < -0.3 is 105 Å². The van der Waals surface area contributed by atoms with Crippen molar-refractivity contribution >= 4 is 101 Å². The van der Waals surface area contributed by atoms with Gasteiger partial charge in [0.15, 0.2) is 0 Å². The van der Waals surface area contributed by atoms with Crippen LogP contribution in [0.1, 0.15) is 31.4 Å². The summed E-state index contributed by atoms with van der Waals surface area (Å²) in [4.78, 5) is 80.3. The molecule has 8 saturated heterocycles. The number of rotatable bonds is 14. The van der Waals surface area contributed by atoms with Crippen LogP contribution in [0.3, 0.4) is 0 Å². The fraction of sp³-hybridized carbons (Fsp3) is 0.833. The molecule has 0 spiro atoms. The van der Waals surface area contributed by atoms with Crippen molar-refractivity contribution in [2.75, 3.05) is 38.8 Å². The maximum absolute atomic E-state index is 12.6. The zero-order valence-corrected chi connectivity index (χ0v) is 55.4. The number of fused-ring (bicyclic) bond motifs is 5. The molecule has 9 rings (SSSR count). The molecule has 8 aliphatic heterocycles. The third-order valence-electron chi connectivity index (χ3n) is 12.6. The number of carbonyl (C=O) groups excluding carboxylic acids is 1. The van der Waals surface area contributed by atoms with E-state index in [1.807, 2.05) is 17.7 Å². The molecule has 13 unspecified atom stereocenters. The van der Waals surface area contributed by atoms with E-state index in [2.05, 4.69) is 39.5 Å². The monoisotopic (exact) mass is 1580 g/mol. The second-order valence-electron chi connectivity index (χ2n) is 18.6. The van der Waals surface area contributed by atoms with Crippen molar-refractivity contribution in [3.8, 4) is 12.3 Å². The summed E-state index contributed by atoms with van der Waals surface area (Å²) >= 11 is 3.45. The van der Waals surface area contributed by atoms with Crippen LogP contribution in [-0.2, 0) is 159 Å². The zero-order valence-electron chi connectivity index (χ0n) is 43.4. The van der Waals surface area contributed by atoms with E-state index >= 15 is 0 Å². The SMILES string of the molecule is O=C1NC2CSC(CCCC[C-]=[W])C2N1.[B][C@@H]1O[C@@H]2COP(=O)(O)OC3[C@@H](COP(=O)([O-])O[C@@H]2C1O)O[C@@H]([B])[C@H]3OP(=O)([O-])OCC#C.[B][C@@H]1O[C@@H]2COP(=O)(O)OC3[C@@H](COP(=O)([O-])O[C@@H]2C1O)O[C@@H]([B])[C@H]3OP(=O)([O-])OCc1c[n-]nn1.[Y]. The molecule has 85 heavy (non-hydrogen) atoms. The average Bonchev–Trinajstić information content (AvgIpc) is 4.44. The maximum Gasteiger partial charge on any atom is 0.472 e. The number of unbranched alkanes of at least 4 members (excludes halogenated alkanes) is 2. The molecule has 1 aromatic heterocycles. The fourth-order valence-electron chi connectivity index (χ4n) is 8.80. The number of nitrogens with zero attached hydrogens (tertiary/aromatic N) is 3. The van der Waals surface area contributed by atoms with Crippen LogP contribution in [-0.4, -0.2) is 226 Å². The van der Waals surface area contributed by atoms with Gasteiger partial charge in [-0.1, -0.05) is 12.1 Å². The number of aliphatic hydroxyl groups is 2. The summed E-state index contributed by atoms with van der Waals surface area (Å²) in [6, 6.07) is -5.28. The largest absolute Gasteiger partial charge is 0.756 e. The fourth-order valence-corrected chi connectivity index (χ4v) is 16.4. The number of nitrogens with one attached hydrogen (secondary N) is 2. The molecule has 9 heterocycles. The molecule has 467 valence electrons. The van der Waals surface area contributed by atoms with Crippen molar-refractivity contribution in [1.29, 1.82) is 0 Å². The molecule has 36 nitrogen and oxygen atoms in total. The molecular formula is C36H49B4N5O31P6SWY-6. The smallest absolute Gasteiger partial charge is 0.472 e. The van der Waals surface area contributed by atoms with Gasteiger partial charge in [-0.3, -0.25) is 41.6 Å². The molecular weight excluding hydrogens is 1530 g/mol.